The topological polar surface area (TPSA) is 69.6 Å². The highest BCUT2D eigenvalue weighted by Gasteiger charge is 2.59. The molecule has 3 rings (SSSR count). The van der Waals surface area contributed by atoms with Crippen LogP contribution < -0.4 is 5.32 Å². The normalized spacial score (nSPS) is 33.1. The molecule has 1 aromatic rings. The van der Waals surface area contributed by atoms with Gasteiger partial charge in [-0.05, 0) is 48.1 Å². The van der Waals surface area contributed by atoms with E-state index in [2.05, 4.69) is 26.1 Å². The van der Waals surface area contributed by atoms with Crippen LogP contribution in [-0.2, 0) is 0 Å². The van der Waals surface area contributed by atoms with Crippen LogP contribution in [0.15, 0.2) is 18.2 Å². The first-order valence-corrected chi connectivity index (χ1v) is 7.56. The molecule has 2 aliphatic rings. The minimum absolute atomic E-state index is 0.0849. The van der Waals surface area contributed by atoms with Crippen LogP contribution in [-0.4, -0.2) is 22.2 Å². The lowest BCUT2D eigenvalue weighted by molar-refractivity contribution is 0.0737. The van der Waals surface area contributed by atoms with Gasteiger partial charge >= 0.3 is 0 Å². The van der Waals surface area contributed by atoms with Gasteiger partial charge in [-0.1, -0.05) is 20.8 Å². The number of benzene rings is 1. The first-order valence-electron chi connectivity index (χ1n) is 7.56. The molecule has 4 nitrogen and oxygen atoms in total. The van der Waals surface area contributed by atoms with Gasteiger partial charge in [-0.25, -0.2) is 0 Å². The molecule has 2 bridgehead atoms. The van der Waals surface area contributed by atoms with Crippen molar-refractivity contribution in [3.8, 4) is 11.5 Å². The molecule has 0 radical (unpaired) electrons. The molecule has 3 N–H and O–H groups in total. The monoisotopic (exact) mass is 289 g/mol. The lowest BCUT2D eigenvalue weighted by Gasteiger charge is -2.43. The van der Waals surface area contributed by atoms with Crippen LogP contribution in [0.1, 0.15) is 50.4 Å². The maximum absolute atomic E-state index is 12.5. The van der Waals surface area contributed by atoms with Crippen molar-refractivity contribution in [2.24, 2.45) is 16.7 Å². The molecule has 21 heavy (non-hydrogen) atoms. The van der Waals surface area contributed by atoms with E-state index >= 15 is 0 Å². The Morgan fingerprint density at radius 3 is 2.33 bits per heavy atom. The van der Waals surface area contributed by atoms with E-state index in [1.807, 2.05) is 0 Å². The number of fused-ring (bicyclic) bond motifs is 2. The summed E-state index contributed by atoms with van der Waals surface area (Å²) in [5, 5.41) is 22.2. The Bertz CT molecular complexity index is 571. The van der Waals surface area contributed by atoms with Crippen LogP contribution in [0, 0.1) is 16.7 Å². The summed E-state index contributed by atoms with van der Waals surface area (Å²) in [5.74, 6) is 0.232. The Balaban J connectivity index is 1.84. The molecular formula is C17H23NO3. The van der Waals surface area contributed by atoms with Crippen LogP contribution in [0.2, 0.25) is 0 Å². The molecule has 4 heteroatoms. The van der Waals surface area contributed by atoms with Gasteiger partial charge in [0, 0.05) is 17.7 Å². The first-order chi connectivity index (χ1) is 9.72. The number of carbonyl (C=O) groups is 1. The molecular weight excluding hydrogens is 266 g/mol. The van der Waals surface area contributed by atoms with Crippen molar-refractivity contribution in [2.75, 3.05) is 0 Å². The van der Waals surface area contributed by atoms with E-state index in [0.29, 0.717) is 11.5 Å². The van der Waals surface area contributed by atoms with Crippen LogP contribution >= 0.6 is 0 Å². The number of rotatable bonds is 2. The number of nitrogens with one attached hydrogen (secondary N) is 1. The minimum Gasteiger partial charge on any atom is -0.508 e. The van der Waals surface area contributed by atoms with Crippen molar-refractivity contribution in [3.05, 3.63) is 23.8 Å². The summed E-state index contributed by atoms with van der Waals surface area (Å²) in [6.07, 6.45) is 3.55. The molecule has 1 aromatic carbocycles. The standard InChI is InChI=1S/C17H23NO3/c1-16(2)11-4-5-17(3,9-11)15(16)18-14(21)10-6-12(19)8-13(20)7-10/h6-8,11,15,19-20H,4-5,9H2,1-3H3,(H,18,21). The lowest BCUT2D eigenvalue weighted by atomic mass is 9.68. The maximum atomic E-state index is 12.5. The minimum atomic E-state index is -0.229. The molecule has 2 fully saturated rings. The van der Waals surface area contributed by atoms with Gasteiger partial charge in [-0.15, -0.1) is 0 Å². The number of hydrogen-bond donors (Lipinski definition) is 3. The number of aromatic hydroxyl groups is 2. The zero-order valence-corrected chi connectivity index (χ0v) is 12.8. The van der Waals surface area contributed by atoms with Gasteiger partial charge in [-0.2, -0.15) is 0 Å². The summed E-state index contributed by atoms with van der Waals surface area (Å²) >= 11 is 0. The maximum Gasteiger partial charge on any atom is 0.251 e. The summed E-state index contributed by atoms with van der Waals surface area (Å²) in [5.41, 5.74) is 0.541. The number of amides is 1. The third-order valence-corrected chi connectivity index (χ3v) is 5.71. The Morgan fingerprint density at radius 1 is 1.19 bits per heavy atom. The summed E-state index contributed by atoms with van der Waals surface area (Å²) in [4.78, 5) is 12.5. The van der Waals surface area contributed by atoms with Gasteiger partial charge in [0.25, 0.3) is 5.91 Å². The fourth-order valence-electron chi connectivity index (χ4n) is 4.60. The van der Waals surface area contributed by atoms with Crippen LogP contribution in [0.25, 0.3) is 0 Å². The van der Waals surface area contributed by atoms with E-state index < -0.39 is 0 Å². The molecule has 3 unspecified atom stereocenters. The molecule has 2 aliphatic carbocycles. The second-order valence-electron chi connectivity index (χ2n) is 7.56. The summed E-state index contributed by atoms with van der Waals surface area (Å²) < 4.78 is 0. The lowest BCUT2D eigenvalue weighted by Crippen LogP contribution is -2.52. The molecule has 0 heterocycles. The van der Waals surface area contributed by atoms with Crippen LogP contribution in [0.3, 0.4) is 0 Å². The molecule has 2 saturated carbocycles. The Kier molecular flexibility index (Phi) is 2.98. The highest BCUT2D eigenvalue weighted by molar-refractivity contribution is 5.95. The average molecular weight is 289 g/mol. The van der Waals surface area contributed by atoms with Gasteiger partial charge in [0.1, 0.15) is 11.5 Å². The van der Waals surface area contributed by atoms with Crippen molar-refractivity contribution < 1.29 is 15.0 Å². The van der Waals surface area contributed by atoms with E-state index in [4.69, 9.17) is 0 Å². The van der Waals surface area contributed by atoms with Crippen LogP contribution in [0.5, 0.6) is 11.5 Å². The highest BCUT2D eigenvalue weighted by Crippen LogP contribution is 2.62. The van der Waals surface area contributed by atoms with Crippen molar-refractivity contribution in [1.82, 2.24) is 5.32 Å². The number of carbonyl (C=O) groups excluding carboxylic acids is 1. The Hall–Kier alpha value is -1.71. The second-order valence-corrected chi connectivity index (χ2v) is 7.56. The van der Waals surface area contributed by atoms with E-state index in [-0.39, 0.29) is 34.3 Å². The fraction of sp³-hybridized carbons (Fsp3) is 0.588. The SMILES string of the molecule is CC12CCC(C1)C(C)(C)C2NC(=O)c1cc(O)cc(O)c1. The van der Waals surface area contributed by atoms with Crippen molar-refractivity contribution in [3.63, 3.8) is 0 Å². The molecule has 0 spiro atoms. The van der Waals surface area contributed by atoms with Gasteiger partial charge in [0.05, 0.1) is 0 Å². The third-order valence-electron chi connectivity index (χ3n) is 5.71. The van der Waals surface area contributed by atoms with E-state index in [1.165, 1.54) is 24.6 Å². The van der Waals surface area contributed by atoms with Crippen LogP contribution in [0.4, 0.5) is 0 Å². The Morgan fingerprint density at radius 2 is 1.81 bits per heavy atom. The van der Waals surface area contributed by atoms with Gasteiger partial charge in [-0.3, -0.25) is 4.79 Å². The summed E-state index contributed by atoms with van der Waals surface area (Å²) in [6, 6.07) is 4.12. The fourth-order valence-corrected chi connectivity index (χ4v) is 4.60. The Labute approximate surface area is 125 Å². The molecule has 114 valence electrons. The zero-order valence-electron chi connectivity index (χ0n) is 12.8. The summed E-state index contributed by atoms with van der Waals surface area (Å²) in [7, 11) is 0. The quantitative estimate of drug-likeness (QED) is 0.783. The molecule has 0 aromatic heterocycles. The van der Waals surface area contributed by atoms with Crippen molar-refractivity contribution >= 4 is 5.91 Å². The van der Waals surface area contributed by atoms with Gasteiger partial charge in [0.15, 0.2) is 0 Å². The summed E-state index contributed by atoms with van der Waals surface area (Å²) in [6.45, 7) is 6.71. The van der Waals surface area contributed by atoms with Gasteiger partial charge < -0.3 is 15.5 Å². The number of phenolic OH excluding ortho intramolecular Hbond substituents is 2. The smallest absolute Gasteiger partial charge is 0.251 e. The van der Waals surface area contributed by atoms with Crippen molar-refractivity contribution in [1.29, 1.82) is 0 Å². The molecule has 0 saturated heterocycles. The zero-order chi connectivity index (χ0) is 15.4. The largest absolute Gasteiger partial charge is 0.508 e. The average Bonchev–Trinajstić information content (AvgIpc) is 2.84. The van der Waals surface area contributed by atoms with E-state index in [1.54, 1.807) is 0 Å². The highest BCUT2D eigenvalue weighted by atomic mass is 16.3. The molecule has 1 amide bonds. The predicted octanol–water partition coefficient (Wildman–Crippen LogP) is 3.04. The van der Waals surface area contributed by atoms with E-state index in [9.17, 15) is 15.0 Å². The molecule has 3 atom stereocenters. The number of phenols is 2. The second kappa shape index (κ2) is 4.39. The third kappa shape index (κ3) is 2.17. The van der Waals surface area contributed by atoms with E-state index in [0.717, 1.165) is 12.8 Å². The van der Waals surface area contributed by atoms with Crippen molar-refractivity contribution in [2.45, 2.75) is 46.1 Å². The predicted molar refractivity (Wildman–Crippen MR) is 80.3 cm³/mol. The number of hydrogen-bond acceptors (Lipinski definition) is 3. The molecule has 0 aliphatic heterocycles. The van der Waals surface area contributed by atoms with Gasteiger partial charge in [0.2, 0.25) is 0 Å². The first kappa shape index (κ1) is 14.2.